The predicted molar refractivity (Wildman–Crippen MR) is 84.8 cm³/mol. The van der Waals surface area contributed by atoms with Crippen LogP contribution in [-0.4, -0.2) is 4.98 Å². The molecule has 4 nitrogen and oxygen atoms in total. The molecular formula is C16H11ClN4. The molecule has 0 bridgehead atoms. The Kier molecular flexibility index (Phi) is 3.73. The minimum atomic E-state index is 0.375. The highest BCUT2D eigenvalue weighted by atomic mass is 35.5. The van der Waals surface area contributed by atoms with E-state index in [4.69, 9.17) is 17.1 Å². The second kappa shape index (κ2) is 5.83. The number of pyridine rings is 1. The first-order valence-corrected chi connectivity index (χ1v) is 6.83. The fourth-order valence-electron chi connectivity index (χ4n) is 2.32. The van der Waals surface area contributed by atoms with Crippen molar-refractivity contribution in [1.29, 1.82) is 0 Å². The lowest BCUT2D eigenvalue weighted by Crippen LogP contribution is -1.94. The summed E-state index contributed by atoms with van der Waals surface area (Å²) in [5.41, 5.74) is 12.0. The molecule has 1 heterocycles. The Balaban J connectivity index is 2.23. The minimum Gasteiger partial charge on any atom is -0.236 e. The second-order valence-electron chi connectivity index (χ2n) is 4.60. The summed E-state index contributed by atoms with van der Waals surface area (Å²) in [6.45, 7) is 0. The van der Waals surface area contributed by atoms with Gasteiger partial charge < -0.3 is 0 Å². The van der Waals surface area contributed by atoms with Crippen LogP contribution < -0.4 is 0 Å². The first-order chi connectivity index (χ1) is 10.3. The molecule has 1 aromatic heterocycles. The number of hydrogen-bond donors (Lipinski definition) is 0. The quantitative estimate of drug-likeness (QED) is 0.275. The van der Waals surface area contributed by atoms with Gasteiger partial charge in [0.2, 0.25) is 0 Å². The topological polar surface area (TPSA) is 61.7 Å². The number of hydrogen-bond acceptors (Lipinski definition) is 2. The summed E-state index contributed by atoms with van der Waals surface area (Å²) in [6.07, 6.45) is 0.575. The van der Waals surface area contributed by atoms with Gasteiger partial charge in [-0.1, -0.05) is 65.2 Å². The van der Waals surface area contributed by atoms with Crippen LogP contribution in [0, 0.1) is 0 Å². The molecule has 21 heavy (non-hydrogen) atoms. The predicted octanol–water partition coefficient (Wildman–Crippen LogP) is 5.42. The zero-order chi connectivity index (χ0) is 14.7. The van der Waals surface area contributed by atoms with E-state index < -0.39 is 0 Å². The zero-order valence-electron chi connectivity index (χ0n) is 11.1. The van der Waals surface area contributed by atoms with Crippen LogP contribution in [0.5, 0.6) is 0 Å². The highest BCUT2D eigenvalue weighted by Crippen LogP contribution is 2.35. The number of fused-ring (bicyclic) bond motifs is 1. The van der Waals surface area contributed by atoms with E-state index in [1.165, 1.54) is 0 Å². The Morgan fingerprint density at radius 2 is 1.76 bits per heavy atom. The molecule has 0 aliphatic carbocycles. The molecule has 0 fully saturated rings. The molecule has 2 aromatic carbocycles. The third-order valence-electron chi connectivity index (χ3n) is 3.28. The molecule has 0 atom stereocenters. The second-order valence-corrected chi connectivity index (χ2v) is 4.96. The third-order valence-corrected chi connectivity index (χ3v) is 3.59. The van der Waals surface area contributed by atoms with Gasteiger partial charge in [0.1, 0.15) is 5.15 Å². The van der Waals surface area contributed by atoms with Gasteiger partial charge in [-0.25, -0.2) is 4.98 Å². The lowest BCUT2D eigenvalue weighted by molar-refractivity contribution is 1.16. The SMILES string of the molecule is [N-]=[N+]=Nc1c(Cc2ccccc2)c(Cl)nc2ccccc12. The molecule has 3 rings (SSSR count). The maximum Gasteiger partial charge on any atom is 0.133 e. The van der Waals surface area contributed by atoms with Crippen LogP contribution in [-0.2, 0) is 6.42 Å². The Bertz CT molecular complexity index is 840. The van der Waals surface area contributed by atoms with E-state index in [2.05, 4.69) is 15.0 Å². The molecule has 0 spiro atoms. The van der Waals surface area contributed by atoms with Gasteiger partial charge in [0.25, 0.3) is 0 Å². The number of halogens is 1. The van der Waals surface area contributed by atoms with Crippen LogP contribution in [0.4, 0.5) is 5.69 Å². The molecule has 102 valence electrons. The van der Waals surface area contributed by atoms with Gasteiger partial charge >= 0.3 is 0 Å². The van der Waals surface area contributed by atoms with E-state index in [0.29, 0.717) is 17.3 Å². The van der Waals surface area contributed by atoms with Gasteiger partial charge in [-0.2, -0.15) is 0 Å². The van der Waals surface area contributed by atoms with Crippen molar-refractivity contribution in [1.82, 2.24) is 4.98 Å². The van der Waals surface area contributed by atoms with E-state index in [9.17, 15) is 0 Å². The highest BCUT2D eigenvalue weighted by molar-refractivity contribution is 6.31. The number of benzene rings is 2. The number of azide groups is 1. The van der Waals surface area contributed by atoms with E-state index in [-0.39, 0.29) is 0 Å². The molecule has 0 aliphatic heterocycles. The van der Waals surface area contributed by atoms with E-state index in [1.807, 2.05) is 54.6 Å². The summed E-state index contributed by atoms with van der Waals surface area (Å²) in [4.78, 5) is 7.33. The van der Waals surface area contributed by atoms with E-state index in [0.717, 1.165) is 22.0 Å². The summed E-state index contributed by atoms with van der Waals surface area (Å²) < 4.78 is 0. The summed E-state index contributed by atoms with van der Waals surface area (Å²) >= 11 is 6.30. The van der Waals surface area contributed by atoms with Gasteiger partial charge in [0, 0.05) is 22.3 Å². The van der Waals surface area contributed by atoms with Gasteiger partial charge in [0.05, 0.1) is 11.2 Å². The number of aromatic nitrogens is 1. The van der Waals surface area contributed by atoms with Crippen LogP contribution in [0.25, 0.3) is 21.3 Å². The van der Waals surface area contributed by atoms with Crippen molar-refractivity contribution in [2.24, 2.45) is 5.11 Å². The van der Waals surface area contributed by atoms with Gasteiger partial charge in [-0.05, 0) is 17.2 Å². The average Bonchev–Trinajstić information content (AvgIpc) is 2.52. The van der Waals surface area contributed by atoms with Crippen molar-refractivity contribution < 1.29 is 0 Å². The Morgan fingerprint density at radius 1 is 1.05 bits per heavy atom. The van der Waals surface area contributed by atoms with E-state index in [1.54, 1.807) is 0 Å². The van der Waals surface area contributed by atoms with Crippen LogP contribution in [0.2, 0.25) is 5.15 Å². The maximum absolute atomic E-state index is 8.86. The molecule has 0 saturated carbocycles. The lowest BCUT2D eigenvalue weighted by atomic mass is 10.0. The highest BCUT2D eigenvalue weighted by Gasteiger charge is 2.13. The monoisotopic (exact) mass is 294 g/mol. The van der Waals surface area contributed by atoms with Gasteiger partial charge in [-0.15, -0.1) is 0 Å². The van der Waals surface area contributed by atoms with Crippen LogP contribution in [0.15, 0.2) is 59.7 Å². The molecule has 5 heteroatoms. The smallest absolute Gasteiger partial charge is 0.133 e. The van der Waals surface area contributed by atoms with Crippen molar-refractivity contribution in [3.63, 3.8) is 0 Å². The minimum absolute atomic E-state index is 0.375. The standard InChI is InChI=1S/C16H11ClN4/c17-16-13(10-11-6-2-1-3-7-11)15(20-21-18)12-8-4-5-9-14(12)19-16/h1-9H,10H2. The summed E-state index contributed by atoms with van der Waals surface area (Å²) in [5, 5.41) is 5.03. The number of rotatable bonds is 3. The fourth-order valence-corrected chi connectivity index (χ4v) is 2.57. The van der Waals surface area contributed by atoms with Gasteiger partial charge in [0.15, 0.2) is 0 Å². The molecule has 0 amide bonds. The molecule has 3 aromatic rings. The molecular weight excluding hydrogens is 284 g/mol. The van der Waals surface area contributed by atoms with Crippen LogP contribution in [0.1, 0.15) is 11.1 Å². The van der Waals surface area contributed by atoms with Crippen molar-refractivity contribution in [2.75, 3.05) is 0 Å². The molecule has 0 aliphatic rings. The summed E-state index contributed by atoms with van der Waals surface area (Å²) in [5.74, 6) is 0. The third kappa shape index (κ3) is 2.68. The Hall–Kier alpha value is -2.55. The first-order valence-electron chi connectivity index (χ1n) is 6.45. The molecule has 0 unspecified atom stereocenters. The number of nitrogens with zero attached hydrogens (tertiary/aromatic N) is 4. The molecule has 0 radical (unpaired) electrons. The lowest BCUT2D eigenvalue weighted by Gasteiger charge is -2.11. The average molecular weight is 295 g/mol. The van der Waals surface area contributed by atoms with E-state index >= 15 is 0 Å². The van der Waals surface area contributed by atoms with Crippen molar-refractivity contribution in [3.8, 4) is 0 Å². The number of para-hydroxylation sites is 1. The Labute approximate surface area is 126 Å². The van der Waals surface area contributed by atoms with Crippen molar-refractivity contribution in [3.05, 3.63) is 81.3 Å². The van der Waals surface area contributed by atoms with Crippen LogP contribution >= 0.6 is 11.6 Å². The Morgan fingerprint density at radius 3 is 2.52 bits per heavy atom. The van der Waals surface area contributed by atoms with Crippen molar-refractivity contribution in [2.45, 2.75) is 6.42 Å². The molecule has 0 N–H and O–H groups in total. The normalized spacial score (nSPS) is 10.3. The largest absolute Gasteiger partial charge is 0.236 e. The molecule has 0 saturated heterocycles. The van der Waals surface area contributed by atoms with Crippen LogP contribution in [0.3, 0.4) is 0 Å². The maximum atomic E-state index is 8.86. The summed E-state index contributed by atoms with van der Waals surface area (Å²) in [7, 11) is 0. The van der Waals surface area contributed by atoms with Gasteiger partial charge in [-0.3, -0.25) is 0 Å². The zero-order valence-corrected chi connectivity index (χ0v) is 11.8. The first kappa shape index (κ1) is 13.4. The van der Waals surface area contributed by atoms with Crippen molar-refractivity contribution >= 4 is 28.2 Å². The summed E-state index contributed by atoms with van der Waals surface area (Å²) in [6, 6.07) is 17.4. The fraction of sp³-hybridized carbons (Fsp3) is 0.0625.